The molecule has 0 saturated carbocycles. The number of carbonyl (C=O) groups is 1. The average molecular weight is 462 g/mol. The third kappa shape index (κ3) is 6.20. The summed E-state index contributed by atoms with van der Waals surface area (Å²) in [6.07, 6.45) is 4.28. The third-order valence-electron chi connectivity index (χ3n) is 3.71. The van der Waals surface area contributed by atoms with Gasteiger partial charge in [-0.2, -0.15) is 0 Å². The van der Waals surface area contributed by atoms with Gasteiger partial charge in [0.25, 0.3) is 0 Å². The molecule has 0 aliphatic carbocycles. The van der Waals surface area contributed by atoms with E-state index in [1.54, 1.807) is 19.3 Å². The number of nitrogens with one attached hydrogen (secondary N) is 1. The summed E-state index contributed by atoms with van der Waals surface area (Å²) in [6.45, 7) is 5.25. The first-order valence-electron chi connectivity index (χ1n) is 7.89. The molecule has 0 aromatic heterocycles. The number of rotatable bonds is 7. The van der Waals surface area contributed by atoms with Crippen LogP contribution in [-0.2, 0) is 9.53 Å². The van der Waals surface area contributed by atoms with E-state index < -0.39 is 0 Å². The lowest BCUT2D eigenvalue weighted by Crippen LogP contribution is -2.38. The number of carbonyl (C=O) groups excluding carboxylic acids is 1. The molecule has 1 saturated heterocycles. The van der Waals surface area contributed by atoms with Crippen molar-refractivity contribution in [3.63, 3.8) is 0 Å². The van der Waals surface area contributed by atoms with E-state index >= 15 is 0 Å². The molecule has 1 aromatic rings. The highest BCUT2D eigenvalue weighted by molar-refractivity contribution is 9.11. The van der Waals surface area contributed by atoms with Crippen LogP contribution in [0, 0.1) is 0 Å². The van der Waals surface area contributed by atoms with E-state index in [-0.39, 0.29) is 5.91 Å². The van der Waals surface area contributed by atoms with Gasteiger partial charge in [0.15, 0.2) is 0 Å². The zero-order valence-corrected chi connectivity index (χ0v) is 16.9. The maximum atomic E-state index is 11.9. The van der Waals surface area contributed by atoms with Crippen LogP contribution >= 0.6 is 31.9 Å². The summed E-state index contributed by atoms with van der Waals surface area (Å²) in [5, 5.41) is 2.91. The maximum Gasteiger partial charge on any atom is 0.243 e. The molecule has 0 radical (unpaired) electrons. The predicted octanol–water partition coefficient (Wildman–Crippen LogP) is 3.07. The van der Waals surface area contributed by atoms with Crippen molar-refractivity contribution in [2.75, 3.05) is 46.5 Å². The van der Waals surface area contributed by atoms with Gasteiger partial charge in [0.2, 0.25) is 5.91 Å². The lowest BCUT2D eigenvalue weighted by molar-refractivity contribution is -0.116. The Hall–Kier alpha value is -0.890. The fraction of sp³-hybridized carbons (Fsp3) is 0.471. The first-order valence-corrected chi connectivity index (χ1v) is 9.48. The number of methoxy groups -OCH3 is 1. The molecule has 1 aliphatic rings. The molecule has 0 bridgehead atoms. The molecule has 7 heteroatoms. The molecule has 24 heavy (non-hydrogen) atoms. The molecular formula is C17H22Br2N2O3. The van der Waals surface area contributed by atoms with Gasteiger partial charge in [-0.1, -0.05) is 0 Å². The largest absolute Gasteiger partial charge is 0.494 e. The van der Waals surface area contributed by atoms with Crippen LogP contribution in [0.15, 0.2) is 27.2 Å². The molecule has 0 unspecified atom stereocenters. The number of amides is 1. The Morgan fingerprint density at radius 3 is 2.62 bits per heavy atom. The summed E-state index contributed by atoms with van der Waals surface area (Å²) in [6, 6.07) is 3.82. The van der Waals surface area contributed by atoms with E-state index in [0.29, 0.717) is 6.54 Å². The first kappa shape index (κ1) is 19.4. The highest BCUT2D eigenvalue weighted by atomic mass is 79.9. The van der Waals surface area contributed by atoms with Gasteiger partial charge in [0.05, 0.1) is 29.3 Å². The quantitative estimate of drug-likeness (QED) is 0.500. The molecular weight excluding hydrogens is 440 g/mol. The summed E-state index contributed by atoms with van der Waals surface area (Å²) in [7, 11) is 1.62. The summed E-state index contributed by atoms with van der Waals surface area (Å²) < 4.78 is 12.3. The molecule has 132 valence electrons. The highest BCUT2D eigenvalue weighted by Gasteiger charge is 2.09. The van der Waals surface area contributed by atoms with Crippen molar-refractivity contribution in [2.24, 2.45) is 0 Å². The van der Waals surface area contributed by atoms with Gasteiger partial charge in [-0.3, -0.25) is 9.69 Å². The van der Waals surface area contributed by atoms with Gasteiger partial charge in [-0.05, 0) is 68.6 Å². The minimum absolute atomic E-state index is 0.0833. The SMILES string of the molecule is COc1c(Br)cc(/C=C/C(=O)NCCCN2CCOCC2)cc1Br. The summed E-state index contributed by atoms with van der Waals surface area (Å²) in [5.74, 6) is 0.653. The second-order valence-corrected chi connectivity index (χ2v) is 7.16. The van der Waals surface area contributed by atoms with Gasteiger partial charge >= 0.3 is 0 Å². The smallest absolute Gasteiger partial charge is 0.243 e. The van der Waals surface area contributed by atoms with Crippen LogP contribution in [0.3, 0.4) is 0 Å². The number of benzene rings is 1. The van der Waals surface area contributed by atoms with Crippen LogP contribution in [0.5, 0.6) is 5.75 Å². The molecule has 1 N–H and O–H groups in total. The molecule has 0 spiro atoms. The summed E-state index contributed by atoms with van der Waals surface area (Å²) in [4.78, 5) is 14.2. The van der Waals surface area contributed by atoms with Crippen molar-refractivity contribution < 1.29 is 14.3 Å². The molecule has 0 atom stereocenters. The topological polar surface area (TPSA) is 50.8 Å². The van der Waals surface area contributed by atoms with Gasteiger partial charge in [0.1, 0.15) is 5.75 Å². The van der Waals surface area contributed by atoms with Gasteiger partial charge in [-0.25, -0.2) is 0 Å². The monoisotopic (exact) mass is 460 g/mol. The first-order chi connectivity index (χ1) is 11.6. The van der Waals surface area contributed by atoms with Crippen LogP contribution in [0.2, 0.25) is 0 Å². The Bertz CT molecular complexity index is 564. The summed E-state index contributed by atoms with van der Waals surface area (Å²) >= 11 is 6.90. The van der Waals surface area contributed by atoms with Gasteiger partial charge < -0.3 is 14.8 Å². The molecule has 1 fully saturated rings. The summed E-state index contributed by atoms with van der Waals surface area (Å²) in [5.41, 5.74) is 0.915. The Morgan fingerprint density at radius 1 is 1.33 bits per heavy atom. The Morgan fingerprint density at radius 2 is 2.00 bits per heavy atom. The Kier molecular flexibility index (Phi) is 8.24. The highest BCUT2D eigenvalue weighted by Crippen LogP contribution is 2.34. The van der Waals surface area contributed by atoms with Crippen molar-refractivity contribution >= 4 is 43.8 Å². The molecule has 5 nitrogen and oxygen atoms in total. The van der Waals surface area contributed by atoms with E-state index in [1.165, 1.54) is 0 Å². The number of morpholine rings is 1. The van der Waals surface area contributed by atoms with E-state index in [4.69, 9.17) is 9.47 Å². The molecule has 2 rings (SSSR count). The predicted molar refractivity (Wildman–Crippen MR) is 102 cm³/mol. The van der Waals surface area contributed by atoms with Crippen LogP contribution < -0.4 is 10.1 Å². The van der Waals surface area contributed by atoms with Crippen molar-refractivity contribution in [3.05, 3.63) is 32.7 Å². The van der Waals surface area contributed by atoms with Crippen LogP contribution in [0.25, 0.3) is 6.08 Å². The van der Waals surface area contributed by atoms with Crippen LogP contribution in [0.4, 0.5) is 0 Å². The van der Waals surface area contributed by atoms with Crippen molar-refractivity contribution in [2.45, 2.75) is 6.42 Å². The number of hydrogen-bond acceptors (Lipinski definition) is 4. The minimum Gasteiger partial charge on any atom is -0.494 e. The van der Waals surface area contributed by atoms with Crippen LogP contribution in [0.1, 0.15) is 12.0 Å². The third-order valence-corrected chi connectivity index (χ3v) is 4.88. The normalized spacial score (nSPS) is 15.6. The van der Waals surface area contributed by atoms with E-state index in [0.717, 1.165) is 59.5 Å². The van der Waals surface area contributed by atoms with Crippen LogP contribution in [-0.4, -0.2) is 57.3 Å². The standard InChI is InChI=1S/C17H22Br2N2O3/c1-23-17-14(18)11-13(12-15(17)19)3-4-16(22)20-5-2-6-21-7-9-24-10-8-21/h3-4,11-12H,2,5-10H2,1H3,(H,20,22)/b4-3+. The van der Waals surface area contributed by atoms with Gasteiger partial charge in [0, 0.05) is 25.7 Å². The molecule has 1 heterocycles. The average Bonchev–Trinajstić information content (AvgIpc) is 2.57. The van der Waals surface area contributed by atoms with Gasteiger partial charge in [-0.15, -0.1) is 0 Å². The van der Waals surface area contributed by atoms with Crippen molar-refractivity contribution in [1.82, 2.24) is 10.2 Å². The lowest BCUT2D eigenvalue weighted by atomic mass is 10.2. The second kappa shape index (κ2) is 10.2. The minimum atomic E-state index is -0.0833. The fourth-order valence-electron chi connectivity index (χ4n) is 2.44. The van der Waals surface area contributed by atoms with E-state index in [9.17, 15) is 4.79 Å². The number of halogens is 2. The van der Waals surface area contributed by atoms with Crippen molar-refractivity contribution in [3.8, 4) is 5.75 Å². The zero-order valence-electron chi connectivity index (χ0n) is 13.7. The Labute approximate surface area is 159 Å². The number of nitrogens with zero attached hydrogens (tertiary/aromatic N) is 1. The maximum absolute atomic E-state index is 11.9. The lowest BCUT2D eigenvalue weighted by Gasteiger charge is -2.26. The molecule has 1 aromatic carbocycles. The molecule has 1 aliphatic heterocycles. The molecule has 1 amide bonds. The van der Waals surface area contributed by atoms with Crippen molar-refractivity contribution in [1.29, 1.82) is 0 Å². The van der Waals surface area contributed by atoms with E-state index in [1.807, 2.05) is 12.1 Å². The van der Waals surface area contributed by atoms with E-state index in [2.05, 4.69) is 42.1 Å². The zero-order chi connectivity index (χ0) is 17.4. The number of hydrogen-bond donors (Lipinski definition) is 1. The Balaban J connectivity index is 1.74. The second-order valence-electron chi connectivity index (χ2n) is 5.45. The fourth-order valence-corrected chi connectivity index (χ4v) is 3.99. The number of ether oxygens (including phenoxy) is 2.